The molecule has 1 heterocycles. The number of nitrogens with zero attached hydrogens (tertiary/aromatic N) is 1. The molecule has 0 spiro atoms. The van der Waals surface area contributed by atoms with Crippen LogP contribution in [0.4, 0.5) is 5.69 Å². The van der Waals surface area contributed by atoms with E-state index in [4.69, 9.17) is 21.1 Å². The Balaban J connectivity index is 1.80. The molecule has 166 valence electrons. The van der Waals surface area contributed by atoms with E-state index in [9.17, 15) is 18.0 Å². The first-order valence-corrected chi connectivity index (χ1v) is 11.4. The molecule has 0 aliphatic carbocycles. The Kier molecular flexibility index (Phi) is 7.19. The number of methoxy groups -OCH3 is 2. The summed E-state index contributed by atoms with van der Waals surface area (Å²) < 4.78 is 37.6. The number of sulfonamides is 1. The highest BCUT2D eigenvalue weighted by atomic mass is 35.5. The molecule has 10 heteroatoms. The first kappa shape index (κ1) is 23.1. The van der Waals surface area contributed by atoms with Crippen LogP contribution in [-0.4, -0.2) is 51.9 Å². The molecule has 3 rings (SSSR count). The van der Waals surface area contributed by atoms with Crippen molar-refractivity contribution in [1.29, 1.82) is 0 Å². The Morgan fingerprint density at radius 2 is 1.90 bits per heavy atom. The van der Waals surface area contributed by atoms with E-state index in [1.165, 1.54) is 30.7 Å². The van der Waals surface area contributed by atoms with Crippen LogP contribution in [0.1, 0.15) is 23.2 Å². The Labute approximate surface area is 186 Å². The highest BCUT2D eigenvalue weighted by Crippen LogP contribution is 2.32. The maximum atomic E-state index is 13.2. The van der Waals surface area contributed by atoms with Gasteiger partial charge in [0.25, 0.3) is 0 Å². The van der Waals surface area contributed by atoms with Gasteiger partial charge in [0.2, 0.25) is 15.9 Å². The van der Waals surface area contributed by atoms with E-state index < -0.39 is 21.9 Å². The van der Waals surface area contributed by atoms with Gasteiger partial charge < -0.3 is 14.8 Å². The van der Waals surface area contributed by atoms with Crippen LogP contribution >= 0.6 is 11.6 Å². The normalized spacial score (nSPS) is 17.1. The predicted molar refractivity (Wildman–Crippen MR) is 116 cm³/mol. The highest BCUT2D eigenvalue weighted by molar-refractivity contribution is 7.89. The number of carbonyl (C=O) groups is 2. The number of amides is 1. The minimum Gasteiger partial charge on any atom is -0.495 e. The van der Waals surface area contributed by atoms with Crippen molar-refractivity contribution in [2.24, 2.45) is 5.92 Å². The van der Waals surface area contributed by atoms with Crippen molar-refractivity contribution in [1.82, 2.24) is 4.31 Å². The quantitative estimate of drug-likeness (QED) is 0.656. The van der Waals surface area contributed by atoms with Gasteiger partial charge in [0, 0.05) is 18.1 Å². The van der Waals surface area contributed by atoms with Gasteiger partial charge in [-0.3, -0.25) is 4.79 Å². The van der Waals surface area contributed by atoms with Crippen molar-refractivity contribution in [2.45, 2.75) is 17.7 Å². The maximum Gasteiger partial charge on any atom is 0.339 e. The van der Waals surface area contributed by atoms with Crippen molar-refractivity contribution < 1.29 is 27.5 Å². The number of halogens is 1. The monoisotopic (exact) mass is 466 g/mol. The van der Waals surface area contributed by atoms with Gasteiger partial charge in [-0.05, 0) is 43.2 Å². The first-order valence-electron chi connectivity index (χ1n) is 9.60. The fraction of sp³-hybridized carbons (Fsp3) is 0.333. The molecule has 2 aromatic rings. The van der Waals surface area contributed by atoms with Gasteiger partial charge in [0.05, 0.1) is 31.4 Å². The van der Waals surface area contributed by atoms with Gasteiger partial charge in [0.15, 0.2) is 0 Å². The molecule has 1 saturated heterocycles. The van der Waals surface area contributed by atoms with Crippen molar-refractivity contribution in [3.63, 3.8) is 0 Å². The molecular formula is C21H23ClN2O6S. The molecule has 1 amide bonds. The third kappa shape index (κ3) is 5.00. The van der Waals surface area contributed by atoms with Crippen LogP contribution in [0.2, 0.25) is 5.02 Å². The zero-order valence-corrected chi connectivity index (χ0v) is 18.7. The van der Waals surface area contributed by atoms with E-state index in [0.717, 1.165) is 0 Å². The molecule has 0 aromatic heterocycles. The summed E-state index contributed by atoms with van der Waals surface area (Å²) in [6, 6.07) is 10.9. The van der Waals surface area contributed by atoms with Gasteiger partial charge in [-0.15, -0.1) is 0 Å². The van der Waals surface area contributed by atoms with Crippen molar-refractivity contribution in [3.05, 3.63) is 53.1 Å². The Morgan fingerprint density at radius 3 is 2.61 bits per heavy atom. The number of ether oxygens (including phenoxy) is 2. The summed E-state index contributed by atoms with van der Waals surface area (Å²) >= 11 is 6.00. The number of carbonyl (C=O) groups excluding carboxylic acids is 2. The van der Waals surface area contributed by atoms with Crippen molar-refractivity contribution in [3.8, 4) is 5.75 Å². The molecular weight excluding hydrogens is 444 g/mol. The molecule has 1 aliphatic heterocycles. The lowest BCUT2D eigenvalue weighted by atomic mass is 9.98. The Bertz CT molecular complexity index is 1090. The van der Waals surface area contributed by atoms with E-state index in [1.54, 1.807) is 30.3 Å². The van der Waals surface area contributed by atoms with E-state index in [0.29, 0.717) is 18.5 Å². The number of hydrogen-bond acceptors (Lipinski definition) is 6. The summed E-state index contributed by atoms with van der Waals surface area (Å²) in [5.41, 5.74) is 0.540. The summed E-state index contributed by atoms with van der Waals surface area (Å²) in [6.45, 7) is 0.282. The maximum absolute atomic E-state index is 13.2. The summed E-state index contributed by atoms with van der Waals surface area (Å²) in [6.07, 6.45) is 1.03. The number of benzene rings is 2. The third-order valence-corrected chi connectivity index (χ3v) is 7.21. The van der Waals surface area contributed by atoms with Crippen LogP contribution in [0.25, 0.3) is 0 Å². The molecule has 8 nitrogen and oxygen atoms in total. The highest BCUT2D eigenvalue weighted by Gasteiger charge is 2.35. The predicted octanol–water partition coefficient (Wildman–Crippen LogP) is 3.17. The molecule has 0 bridgehead atoms. The smallest absolute Gasteiger partial charge is 0.339 e. The zero-order valence-electron chi connectivity index (χ0n) is 17.1. The van der Waals surface area contributed by atoms with Crippen LogP contribution < -0.4 is 10.1 Å². The third-order valence-electron chi connectivity index (χ3n) is 5.09. The molecule has 31 heavy (non-hydrogen) atoms. The SMILES string of the molecule is COC(=O)c1ccccc1NC(=O)[C@H]1CCCN(S(=O)(=O)c2cc(Cl)ccc2OC)C1. The second-order valence-electron chi connectivity index (χ2n) is 7.02. The van der Waals surface area contributed by atoms with Crippen molar-refractivity contribution in [2.75, 3.05) is 32.6 Å². The molecule has 1 atom stereocenters. The summed E-state index contributed by atoms with van der Waals surface area (Å²) in [5, 5.41) is 3.00. The molecule has 0 radical (unpaired) electrons. The average Bonchev–Trinajstić information content (AvgIpc) is 2.79. The van der Waals surface area contributed by atoms with E-state index in [-0.39, 0.29) is 40.2 Å². The topological polar surface area (TPSA) is 102 Å². The summed E-state index contributed by atoms with van der Waals surface area (Å²) in [4.78, 5) is 24.8. The minimum atomic E-state index is -3.92. The summed E-state index contributed by atoms with van der Waals surface area (Å²) in [5.74, 6) is -1.34. The van der Waals surface area contributed by atoms with E-state index >= 15 is 0 Å². The Hall–Kier alpha value is -2.62. The van der Waals surface area contributed by atoms with Crippen LogP contribution in [0.5, 0.6) is 5.75 Å². The number of piperidine rings is 1. The molecule has 1 N–H and O–H groups in total. The average molecular weight is 467 g/mol. The standard InChI is InChI=1S/C21H23ClN2O6S/c1-29-18-10-9-15(22)12-19(18)31(27,28)24-11-5-6-14(13-24)20(25)23-17-8-4-3-7-16(17)21(26)30-2/h3-4,7-10,12,14H,5-6,11,13H2,1-2H3,(H,23,25)/t14-/m0/s1. The van der Waals surface area contributed by atoms with Gasteiger partial charge in [-0.2, -0.15) is 4.31 Å². The number of nitrogens with one attached hydrogen (secondary N) is 1. The fourth-order valence-electron chi connectivity index (χ4n) is 3.48. The number of anilines is 1. The second kappa shape index (κ2) is 9.67. The van der Waals surface area contributed by atoms with Gasteiger partial charge >= 0.3 is 5.97 Å². The summed E-state index contributed by atoms with van der Waals surface area (Å²) in [7, 11) is -1.28. The van der Waals surface area contributed by atoms with Gasteiger partial charge in [0.1, 0.15) is 10.6 Å². The van der Waals surface area contributed by atoms with Crippen LogP contribution in [0.15, 0.2) is 47.4 Å². The largest absolute Gasteiger partial charge is 0.495 e. The Morgan fingerprint density at radius 1 is 1.16 bits per heavy atom. The number of para-hydroxylation sites is 1. The number of esters is 1. The van der Waals surface area contributed by atoms with Crippen LogP contribution in [0.3, 0.4) is 0 Å². The van der Waals surface area contributed by atoms with E-state index in [1.807, 2.05) is 0 Å². The molecule has 0 saturated carbocycles. The molecule has 1 fully saturated rings. The lowest BCUT2D eigenvalue weighted by Gasteiger charge is -2.31. The molecule has 0 unspecified atom stereocenters. The molecule has 2 aromatic carbocycles. The van der Waals surface area contributed by atoms with E-state index in [2.05, 4.69) is 5.32 Å². The lowest BCUT2D eigenvalue weighted by Crippen LogP contribution is -2.43. The van der Waals surface area contributed by atoms with Crippen molar-refractivity contribution >= 4 is 39.2 Å². The van der Waals surface area contributed by atoms with Crippen LogP contribution in [0, 0.1) is 5.92 Å². The zero-order chi connectivity index (χ0) is 22.6. The van der Waals surface area contributed by atoms with Gasteiger partial charge in [-0.1, -0.05) is 23.7 Å². The second-order valence-corrected chi connectivity index (χ2v) is 9.37. The first-order chi connectivity index (χ1) is 14.8. The minimum absolute atomic E-state index is 0.00419. The number of rotatable bonds is 6. The fourth-order valence-corrected chi connectivity index (χ4v) is 5.42. The molecule has 1 aliphatic rings. The number of hydrogen-bond donors (Lipinski definition) is 1. The lowest BCUT2D eigenvalue weighted by molar-refractivity contribution is -0.120. The van der Waals surface area contributed by atoms with Crippen LogP contribution in [-0.2, 0) is 19.6 Å². The van der Waals surface area contributed by atoms with Gasteiger partial charge in [-0.25, -0.2) is 13.2 Å².